The highest BCUT2D eigenvalue weighted by molar-refractivity contribution is 5.85. The monoisotopic (exact) mass is 290 g/mol. The maximum Gasteiger partial charge on any atom is 0.222 e. The molecule has 2 unspecified atom stereocenters. The molecule has 0 spiro atoms. The third kappa shape index (κ3) is 5.28. The van der Waals surface area contributed by atoms with Gasteiger partial charge in [0.25, 0.3) is 0 Å². The van der Waals surface area contributed by atoms with Gasteiger partial charge in [-0.3, -0.25) is 4.79 Å². The summed E-state index contributed by atoms with van der Waals surface area (Å²) in [6.07, 6.45) is 5.49. The van der Waals surface area contributed by atoms with Gasteiger partial charge in [-0.05, 0) is 51.6 Å². The van der Waals surface area contributed by atoms with E-state index in [1.54, 1.807) is 0 Å². The number of hydrogen-bond donors (Lipinski definition) is 1. The Morgan fingerprint density at radius 2 is 2.26 bits per heavy atom. The number of ether oxygens (including phenoxy) is 1. The topological polar surface area (TPSA) is 41.6 Å². The van der Waals surface area contributed by atoms with Crippen molar-refractivity contribution in [3.05, 3.63) is 0 Å². The predicted molar refractivity (Wildman–Crippen MR) is 78.7 cm³/mol. The van der Waals surface area contributed by atoms with Crippen LogP contribution < -0.4 is 5.32 Å². The molecule has 0 aromatic carbocycles. The van der Waals surface area contributed by atoms with Crippen LogP contribution in [0.4, 0.5) is 0 Å². The Kier molecular flexibility index (Phi) is 7.73. The molecule has 1 amide bonds. The van der Waals surface area contributed by atoms with Gasteiger partial charge in [0.05, 0.1) is 6.10 Å². The van der Waals surface area contributed by atoms with Gasteiger partial charge in [-0.25, -0.2) is 0 Å². The first-order valence-corrected chi connectivity index (χ1v) is 7.39. The van der Waals surface area contributed by atoms with E-state index in [0.717, 1.165) is 52.0 Å². The predicted octanol–water partition coefficient (Wildman–Crippen LogP) is 1.83. The molecule has 0 aromatic rings. The summed E-state index contributed by atoms with van der Waals surface area (Å²) in [6, 6.07) is 0. The van der Waals surface area contributed by atoms with Crippen molar-refractivity contribution >= 4 is 18.3 Å². The Labute approximate surface area is 122 Å². The van der Waals surface area contributed by atoms with Crippen molar-refractivity contribution in [2.24, 2.45) is 5.92 Å². The highest BCUT2D eigenvalue weighted by atomic mass is 35.5. The van der Waals surface area contributed by atoms with Crippen molar-refractivity contribution in [3.63, 3.8) is 0 Å². The summed E-state index contributed by atoms with van der Waals surface area (Å²) < 4.78 is 5.61. The minimum Gasteiger partial charge on any atom is -0.376 e. The third-order valence-electron chi connectivity index (χ3n) is 4.11. The molecule has 0 aromatic heterocycles. The SMILES string of the molecule is CCN(CC1CCCO1)C(=O)CCC1CCNC1.Cl. The number of hydrogen-bond acceptors (Lipinski definition) is 3. The van der Waals surface area contributed by atoms with Crippen molar-refractivity contribution in [1.29, 1.82) is 0 Å². The molecule has 4 nitrogen and oxygen atoms in total. The van der Waals surface area contributed by atoms with Crippen LogP contribution in [0.3, 0.4) is 0 Å². The first kappa shape index (κ1) is 16.7. The second-order valence-corrected chi connectivity index (χ2v) is 5.46. The average Bonchev–Trinajstić information content (AvgIpc) is 3.06. The Balaban J connectivity index is 0.00000180. The van der Waals surface area contributed by atoms with E-state index < -0.39 is 0 Å². The summed E-state index contributed by atoms with van der Waals surface area (Å²) in [5.41, 5.74) is 0. The normalized spacial score (nSPS) is 26.2. The summed E-state index contributed by atoms with van der Waals surface area (Å²) in [5, 5.41) is 3.35. The van der Waals surface area contributed by atoms with Gasteiger partial charge in [0.2, 0.25) is 5.91 Å². The zero-order chi connectivity index (χ0) is 12.8. The number of rotatable bonds is 6. The molecule has 2 aliphatic heterocycles. The number of nitrogens with one attached hydrogen (secondary N) is 1. The van der Waals surface area contributed by atoms with E-state index in [1.807, 2.05) is 4.90 Å². The molecule has 2 atom stereocenters. The first-order valence-electron chi connectivity index (χ1n) is 7.39. The number of likely N-dealkylation sites (N-methyl/N-ethyl adjacent to an activating group) is 1. The van der Waals surface area contributed by atoms with Crippen LogP contribution in [-0.4, -0.2) is 49.7 Å². The highest BCUT2D eigenvalue weighted by Crippen LogP contribution is 2.17. The molecular formula is C14H27ClN2O2. The quantitative estimate of drug-likeness (QED) is 0.811. The number of carbonyl (C=O) groups is 1. The van der Waals surface area contributed by atoms with Crippen molar-refractivity contribution in [2.75, 3.05) is 32.8 Å². The van der Waals surface area contributed by atoms with Crippen molar-refractivity contribution < 1.29 is 9.53 Å². The first-order chi connectivity index (χ1) is 8.79. The lowest BCUT2D eigenvalue weighted by Crippen LogP contribution is -2.37. The third-order valence-corrected chi connectivity index (χ3v) is 4.11. The fourth-order valence-corrected chi connectivity index (χ4v) is 2.89. The van der Waals surface area contributed by atoms with Gasteiger partial charge in [-0.1, -0.05) is 0 Å². The second-order valence-electron chi connectivity index (χ2n) is 5.46. The molecule has 0 saturated carbocycles. The minimum absolute atomic E-state index is 0. The second kappa shape index (κ2) is 8.77. The highest BCUT2D eigenvalue weighted by Gasteiger charge is 2.22. The molecule has 112 valence electrons. The van der Waals surface area contributed by atoms with E-state index >= 15 is 0 Å². The van der Waals surface area contributed by atoms with Crippen LogP contribution in [-0.2, 0) is 9.53 Å². The number of nitrogens with zero attached hydrogens (tertiary/aromatic N) is 1. The Bertz CT molecular complexity index is 264. The van der Waals surface area contributed by atoms with Crippen LogP contribution in [0.15, 0.2) is 0 Å². The summed E-state index contributed by atoms with van der Waals surface area (Å²) in [6.45, 7) is 6.73. The van der Waals surface area contributed by atoms with Crippen molar-refractivity contribution in [1.82, 2.24) is 10.2 Å². The summed E-state index contributed by atoms with van der Waals surface area (Å²) in [5.74, 6) is 1.01. The molecule has 0 bridgehead atoms. The van der Waals surface area contributed by atoms with Gasteiger partial charge in [0.15, 0.2) is 0 Å². The minimum atomic E-state index is 0. The van der Waals surface area contributed by atoms with Crippen LogP contribution >= 0.6 is 12.4 Å². The maximum atomic E-state index is 12.2. The average molecular weight is 291 g/mol. The fourth-order valence-electron chi connectivity index (χ4n) is 2.89. The van der Waals surface area contributed by atoms with Crippen molar-refractivity contribution in [2.45, 2.75) is 45.1 Å². The Hall–Kier alpha value is -0.320. The van der Waals surface area contributed by atoms with E-state index in [1.165, 1.54) is 6.42 Å². The molecule has 2 aliphatic rings. The zero-order valence-electron chi connectivity index (χ0n) is 11.9. The van der Waals surface area contributed by atoms with Crippen LogP contribution in [0.5, 0.6) is 0 Å². The van der Waals surface area contributed by atoms with Gasteiger partial charge in [0, 0.05) is 26.1 Å². The van der Waals surface area contributed by atoms with Gasteiger partial charge in [-0.15, -0.1) is 12.4 Å². The van der Waals surface area contributed by atoms with Crippen molar-refractivity contribution in [3.8, 4) is 0 Å². The number of halogens is 1. The molecule has 2 rings (SSSR count). The molecule has 5 heteroatoms. The van der Waals surface area contributed by atoms with Gasteiger partial charge in [-0.2, -0.15) is 0 Å². The number of carbonyl (C=O) groups excluding carboxylic acids is 1. The lowest BCUT2D eigenvalue weighted by Gasteiger charge is -2.24. The van der Waals surface area contributed by atoms with Crippen LogP contribution in [0.25, 0.3) is 0 Å². The molecule has 0 aliphatic carbocycles. The van der Waals surface area contributed by atoms with Gasteiger partial charge >= 0.3 is 0 Å². The van der Waals surface area contributed by atoms with E-state index in [4.69, 9.17) is 4.74 Å². The molecule has 19 heavy (non-hydrogen) atoms. The van der Waals surface area contributed by atoms with Crippen LogP contribution in [0.2, 0.25) is 0 Å². The largest absolute Gasteiger partial charge is 0.376 e. The van der Waals surface area contributed by atoms with E-state index in [9.17, 15) is 4.79 Å². The molecule has 2 fully saturated rings. The summed E-state index contributed by atoms with van der Waals surface area (Å²) in [7, 11) is 0. The number of amides is 1. The van der Waals surface area contributed by atoms with Crippen LogP contribution in [0.1, 0.15) is 39.0 Å². The standard InChI is InChI=1S/C14H26N2O2.ClH/c1-2-16(11-13-4-3-9-18-13)14(17)6-5-12-7-8-15-10-12;/h12-13,15H,2-11H2,1H3;1H. The maximum absolute atomic E-state index is 12.2. The van der Waals surface area contributed by atoms with Gasteiger partial charge < -0.3 is 15.0 Å². The molecule has 2 heterocycles. The molecular weight excluding hydrogens is 264 g/mol. The molecule has 0 radical (unpaired) electrons. The van der Waals surface area contributed by atoms with E-state index in [0.29, 0.717) is 18.2 Å². The Morgan fingerprint density at radius 1 is 1.42 bits per heavy atom. The lowest BCUT2D eigenvalue weighted by atomic mass is 10.0. The van der Waals surface area contributed by atoms with E-state index in [2.05, 4.69) is 12.2 Å². The van der Waals surface area contributed by atoms with Crippen LogP contribution in [0, 0.1) is 5.92 Å². The molecule has 1 N–H and O–H groups in total. The Morgan fingerprint density at radius 3 is 2.84 bits per heavy atom. The smallest absolute Gasteiger partial charge is 0.222 e. The van der Waals surface area contributed by atoms with E-state index in [-0.39, 0.29) is 18.5 Å². The fraction of sp³-hybridized carbons (Fsp3) is 0.929. The lowest BCUT2D eigenvalue weighted by molar-refractivity contribution is -0.132. The summed E-state index contributed by atoms with van der Waals surface area (Å²) in [4.78, 5) is 14.1. The summed E-state index contributed by atoms with van der Waals surface area (Å²) >= 11 is 0. The molecule has 2 saturated heterocycles. The van der Waals surface area contributed by atoms with Gasteiger partial charge in [0.1, 0.15) is 0 Å². The zero-order valence-corrected chi connectivity index (χ0v) is 12.7.